The van der Waals surface area contributed by atoms with E-state index in [9.17, 15) is 0 Å². The van der Waals surface area contributed by atoms with Gasteiger partial charge in [-0.2, -0.15) is 5.26 Å². The summed E-state index contributed by atoms with van der Waals surface area (Å²) in [6.45, 7) is 3.81. The SMILES string of the molecule is CC=C/C(C#N)=C/C=C/C. The van der Waals surface area contributed by atoms with E-state index in [0.717, 1.165) is 0 Å². The van der Waals surface area contributed by atoms with E-state index in [-0.39, 0.29) is 0 Å². The van der Waals surface area contributed by atoms with Crippen LogP contribution in [0.5, 0.6) is 0 Å². The predicted molar refractivity (Wildman–Crippen MR) is 43.3 cm³/mol. The van der Waals surface area contributed by atoms with Crippen molar-refractivity contribution in [3.63, 3.8) is 0 Å². The molecule has 0 amide bonds. The van der Waals surface area contributed by atoms with Crippen LogP contribution in [0.1, 0.15) is 13.8 Å². The van der Waals surface area contributed by atoms with Gasteiger partial charge in [0.25, 0.3) is 0 Å². The molecule has 10 heavy (non-hydrogen) atoms. The molecule has 0 heterocycles. The Bertz CT molecular complexity index is 201. The van der Waals surface area contributed by atoms with Gasteiger partial charge in [0.1, 0.15) is 0 Å². The number of rotatable bonds is 2. The van der Waals surface area contributed by atoms with Crippen LogP contribution in [0.3, 0.4) is 0 Å². The minimum atomic E-state index is 0.681. The molecule has 0 atom stereocenters. The zero-order valence-corrected chi connectivity index (χ0v) is 6.33. The van der Waals surface area contributed by atoms with Gasteiger partial charge in [0, 0.05) is 0 Å². The Morgan fingerprint density at radius 3 is 2.40 bits per heavy atom. The molecule has 0 aromatic carbocycles. The van der Waals surface area contributed by atoms with Crippen molar-refractivity contribution in [2.45, 2.75) is 13.8 Å². The topological polar surface area (TPSA) is 23.8 Å². The number of nitriles is 1. The van der Waals surface area contributed by atoms with Crippen molar-refractivity contribution in [2.24, 2.45) is 0 Å². The zero-order chi connectivity index (χ0) is 7.82. The van der Waals surface area contributed by atoms with Gasteiger partial charge >= 0.3 is 0 Å². The highest BCUT2D eigenvalue weighted by atomic mass is 14.2. The molecule has 0 aliphatic rings. The van der Waals surface area contributed by atoms with E-state index in [0.29, 0.717) is 5.57 Å². The Morgan fingerprint density at radius 2 is 2.00 bits per heavy atom. The number of allylic oxidation sites excluding steroid dienone is 6. The third-order valence-corrected chi connectivity index (χ3v) is 0.944. The van der Waals surface area contributed by atoms with Gasteiger partial charge in [-0.15, -0.1) is 0 Å². The molecule has 0 saturated heterocycles. The van der Waals surface area contributed by atoms with Crippen molar-refractivity contribution < 1.29 is 0 Å². The van der Waals surface area contributed by atoms with Crippen LogP contribution in [0.2, 0.25) is 0 Å². The van der Waals surface area contributed by atoms with Crippen LogP contribution in [0.25, 0.3) is 0 Å². The first kappa shape index (κ1) is 8.71. The van der Waals surface area contributed by atoms with Crippen LogP contribution < -0.4 is 0 Å². The summed E-state index contributed by atoms with van der Waals surface area (Å²) in [4.78, 5) is 0. The molecule has 0 saturated carbocycles. The monoisotopic (exact) mass is 133 g/mol. The van der Waals surface area contributed by atoms with Crippen LogP contribution in [0, 0.1) is 11.3 Å². The normalized spacial score (nSPS) is 12.7. The summed E-state index contributed by atoms with van der Waals surface area (Å²) < 4.78 is 0. The van der Waals surface area contributed by atoms with Gasteiger partial charge in [0.05, 0.1) is 11.6 Å². The maximum Gasteiger partial charge on any atom is 0.0991 e. The number of hydrogen-bond acceptors (Lipinski definition) is 1. The first-order valence-electron chi connectivity index (χ1n) is 3.21. The standard InChI is InChI=1S/C9H11N/c1-3-5-7-9(8-10)6-4-2/h3-7H,1-2H3/b5-3+,6-4?,9-7-. The lowest BCUT2D eigenvalue weighted by atomic mass is 10.2. The third kappa shape index (κ3) is 3.68. The van der Waals surface area contributed by atoms with E-state index in [4.69, 9.17) is 5.26 Å². The Balaban J connectivity index is 4.22. The first-order chi connectivity index (χ1) is 4.85. The largest absolute Gasteiger partial charge is 0.192 e. The molecule has 0 unspecified atom stereocenters. The molecular formula is C9H11N. The summed E-state index contributed by atoms with van der Waals surface area (Å²) in [5.74, 6) is 0. The second-order valence-electron chi connectivity index (χ2n) is 1.76. The van der Waals surface area contributed by atoms with Crippen molar-refractivity contribution in [1.82, 2.24) is 0 Å². The molecule has 0 N–H and O–H groups in total. The van der Waals surface area contributed by atoms with Crippen molar-refractivity contribution in [3.8, 4) is 6.07 Å². The van der Waals surface area contributed by atoms with Crippen LogP contribution in [0.4, 0.5) is 0 Å². The molecule has 0 spiro atoms. The molecule has 0 rings (SSSR count). The van der Waals surface area contributed by atoms with Crippen LogP contribution in [0.15, 0.2) is 36.0 Å². The molecule has 0 aliphatic heterocycles. The zero-order valence-electron chi connectivity index (χ0n) is 6.33. The molecule has 0 radical (unpaired) electrons. The fraction of sp³-hybridized carbons (Fsp3) is 0.222. The fourth-order valence-corrected chi connectivity index (χ4v) is 0.510. The van der Waals surface area contributed by atoms with Crippen LogP contribution >= 0.6 is 0 Å². The molecular weight excluding hydrogens is 122 g/mol. The minimum absolute atomic E-state index is 0.681. The summed E-state index contributed by atoms with van der Waals surface area (Å²) in [5.41, 5.74) is 0.681. The van der Waals surface area contributed by atoms with Gasteiger partial charge in [-0.05, 0) is 26.0 Å². The van der Waals surface area contributed by atoms with E-state index in [1.165, 1.54) is 0 Å². The maximum atomic E-state index is 8.48. The maximum absolute atomic E-state index is 8.48. The Morgan fingerprint density at radius 1 is 1.30 bits per heavy atom. The number of nitrogens with zero attached hydrogens (tertiary/aromatic N) is 1. The second kappa shape index (κ2) is 5.84. The van der Waals surface area contributed by atoms with Crippen molar-refractivity contribution in [2.75, 3.05) is 0 Å². The van der Waals surface area contributed by atoms with Crippen LogP contribution in [-0.2, 0) is 0 Å². The average molecular weight is 133 g/mol. The van der Waals surface area contributed by atoms with E-state index < -0.39 is 0 Å². The number of hydrogen-bond donors (Lipinski definition) is 0. The summed E-state index contributed by atoms with van der Waals surface area (Å²) in [5, 5.41) is 8.48. The second-order valence-corrected chi connectivity index (χ2v) is 1.76. The molecule has 52 valence electrons. The lowest BCUT2D eigenvalue weighted by molar-refractivity contribution is 1.49. The van der Waals surface area contributed by atoms with Gasteiger partial charge < -0.3 is 0 Å². The van der Waals surface area contributed by atoms with E-state index >= 15 is 0 Å². The summed E-state index contributed by atoms with van der Waals surface area (Å²) in [6, 6.07) is 2.06. The molecule has 0 aromatic heterocycles. The Labute approximate surface area is 62.0 Å². The highest BCUT2D eigenvalue weighted by molar-refractivity contribution is 5.35. The van der Waals surface area contributed by atoms with E-state index in [1.54, 1.807) is 12.2 Å². The van der Waals surface area contributed by atoms with Crippen molar-refractivity contribution >= 4 is 0 Å². The smallest absolute Gasteiger partial charge is 0.0991 e. The molecule has 0 aromatic rings. The Hall–Kier alpha value is -1.29. The third-order valence-electron chi connectivity index (χ3n) is 0.944. The quantitative estimate of drug-likeness (QED) is 0.419. The van der Waals surface area contributed by atoms with Crippen molar-refractivity contribution in [1.29, 1.82) is 5.26 Å². The fourth-order valence-electron chi connectivity index (χ4n) is 0.510. The average Bonchev–Trinajstić information content (AvgIpc) is 1.98. The molecule has 0 aliphatic carbocycles. The van der Waals surface area contributed by atoms with Gasteiger partial charge in [-0.3, -0.25) is 0 Å². The molecule has 0 bridgehead atoms. The van der Waals surface area contributed by atoms with Crippen LogP contribution in [-0.4, -0.2) is 0 Å². The summed E-state index contributed by atoms with van der Waals surface area (Å²) >= 11 is 0. The van der Waals surface area contributed by atoms with Gasteiger partial charge in [-0.25, -0.2) is 0 Å². The van der Waals surface area contributed by atoms with Crippen molar-refractivity contribution in [3.05, 3.63) is 36.0 Å². The Kier molecular flexibility index (Phi) is 5.09. The highest BCUT2D eigenvalue weighted by Gasteiger charge is 1.81. The van der Waals surface area contributed by atoms with Gasteiger partial charge in [0.2, 0.25) is 0 Å². The predicted octanol–water partition coefficient (Wildman–Crippen LogP) is 2.59. The minimum Gasteiger partial charge on any atom is -0.192 e. The van der Waals surface area contributed by atoms with Gasteiger partial charge in [-0.1, -0.05) is 18.2 Å². The summed E-state index contributed by atoms with van der Waals surface area (Å²) in [6.07, 6.45) is 9.14. The highest BCUT2D eigenvalue weighted by Crippen LogP contribution is 1.94. The van der Waals surface area contributed by atoms with E-state index in [1.807, 2.05) is 32.1 Å². The molecule has 0 fully saturated rings. The lowest BCUT2D eigenvalue weighted by Crippen LogP contribution is -1.67. The molecule has 1 heteroatoms. The lowest BCUT2D eigenvalue weighted by Gasteiger charge is -1.80. The van der Waals surface area contributed by atoms with E-state index in [2.05, 4.69) is 6.07 Å². The van der Waals surface area contributed by atoms with Gasteiger partial charge in [0.15, 0.2) is 0 Å². The first-order valence-corrected chi connectivity index (χ1v) is 3.21. The molecule has 1 nitrogen and oxygen atoms in total. The summed E-state index contributed by atoms with van der Waals surface area (Å²) in [7, 11) is 0.